The van der Waals surface area contributed by atoms with Crippen molar-refractivity contribution in [3.8, 4) is 22.9 Å². The highest BCUT2D eigenvalue weighted by Gasteiger charge is 2.14. The van der Waals surface area contributed by atoms with Gasteiger partial charge < -0.3 is 14.5 Å². The van der Waals surface area contributed by atoms with Gasteiger partial charge in [-0.25, -0.2) is 4.98 Å². The van der Waals surface area contributed by atoms with Gasteiger partial charge in [-0.05, 0) is 30.7 Å². The van der Waals surface area contributed by atoms with Crippen molar-refractivity contribution < 1.29 is 14.3 Å². The van der Waals surface area contributed by atoms with Gasteiger partial charge in [0.15, 0.2) is 5.82 Å². The van der Waals surface area contributed by atoms with E-state index in [1.165, 1.54) is 0 Å². The number of aryl methyl sites for hydroxylation is 1. The van der Waals surface area contributed by atoms with Crippen LogP contribution < -0.4 is 20.3 Å². The van der Waals surface area contributed by atoms with Crippen molar-refractivity contribution in [1.82, 2.24) is 25.1 Å². The highest BCUT2D eigenvalue weighted by atomic mass is 16.5. The summed E-state index contributed by atoms with van der Waals surface area (Å²) in [5.41, 5.74) is 1.14. The van der Waals surface area contributed by atoms with Crippen LogP contribution in [-0.2, 0) is 11.2 Å². The maximum atomic E-state index is 12.3. The number of ether oxygens (including phenoxy) is 2. The number of aromatic amines is 2. The first kappa shape index (κ1) is 21.0. The minimum absolute atomic E-state index is 0.167. The second kappa shape index (κ2) is 9.29. The number of carbonyl (C=O) groups excluding carboxylic acids is 1. The third-order valence-corrected chi connectivity index (χ3v) is 4.88. The summed E-state index contributed by atoms with van der Waals surface area (Å²) in [6, 6.07) is 12.5. The predicted molar refractivity (Wildman–Crippen MR) is 119 cm³/mol. The van der Waals surface area contributed by atoms with E-state index >= 15 is 0 Å². The van der Waals surface area contributed by atoms with Gasteiger partial charge in [-0.1, -0.05) is 12.1 Å². The minimum atomic E-state index is -0.236. The molecule has 0 unspecified atom stereocenters. The Morgan fingerprint density at radius 3 is 2.75 bits per heavy atom. The van der Waals surface area contributed by atoms with Gasteiger partial charge in [0.1, 0.15) is 17.3 Å². The molecule has 0 aliphatic carbocycles. The molecule has 0 aliphatic rings. The van der Waals surface area contributed by atoms with E-state index in [0.29, 0.717) is 52.5 Å². The first-order valence-electron chi connectivity index (χ1n) is 10.00. The monoisotopic (exact) mass is 434 g/mol. The van der Waals surface area contributed by atoms with Gasteiger partial charge in [0.2, 0.25) is 11.9 Å². The van der Waals surface area contributed by atoms with E-state index in [9.17, 15) is 9.59 Å². The first-order chi connectivity index (χ1) is 15.6. The number of fused-ring (bicyclic) bond motifs is 1. The van der Waals surface area contributed by atoms with E-state index in [4.69, 9.17) is 9.47 Å². The van der Waals surface area contributed by atoms with Crippen LogP contribution in [0.1, 0.15) is 18.7 Å². The zero-order chi connectivity index (χ0) is 22.5. The van der Waals surface area contributed by atoms with Gasteiger partial charge in [0.05, 0.1) is 30.7 Å². The lowest BCUT2D eigenvalue weighted by atomic mass is 10.2. The van der Waals surface area contributed by atoms with Crippen LogP contribution in [0.4, 0.5) is 5.95 Å². The van der Waals surface area contributed by atoms with Crippen LogP contribution >= 0.6 is 0 Å². The van der Waals surface area contributed by atoms with Crippen molar-refractivity contribution in [2.24, 2.45) is 0 Å². The number of nitrogens with zero attached hydrogens (tertiary/aromatic N) is 3. The normalized spacial score (nSPS) is 10.8. The number of H-pyrrole nitrogens is 2. The van der Waals surface area contributed by atoms with Crippen molar-refractivity contribution in [2.75, 3.05) is 19.5 Å². The van der Waals surface area contributed by atoms with Crippen LogP contribution in [0.25, 0.3) is 22.3 Å². The molecule has 32 heavy (non-hydrogen) atoms. The number of aromatic nitrogens is 5. The summed E-state index contributed by atoms with van der Waals surface area (Å²) in [6.07, 6.45) is 1.21. The van der Waals surface area contributed by atoms with Gasteiger partial charge >= 0.3 is 0 Å². The van der Waals surface area contributed by atoms with E-state index in [1.54, 1.807) is 50.6 Å². The highest BCUT2D eigenvalue weighted by Crippen LogP contribution is 2.31. The number of carbonyl (C=O) groups is 1. The van der Waals surface area contributed by atoms with E-state index in [2.05, 4.69) is 30.5 Å². The molecule has 4 aromatic rings. The van der Waals surface area contributed by atoms with E-state index < -0.39 is 0 Å². The molecule has 0 spiro atoms. The average molecular weight is 434 g/mol. The lowest BCUT2D eigenvalue weighted by Crippen LogP contribution is -2.14. The topological polar surface area (TPSA) is 135 Å². The first-order valence-corrected chi connectivity index (χ1v) is 10.00. The van der Waals surface area contributed by atoms with E-state index in [0.717, 1.165) is 0 Å². The number of hydrogen-bond acceptors (Lipinski definition) is 7. The second-order valence-corrected chi connectivity index (χ2v) is 7.01. The van der Waals surface area contributed by atoms with E-state index in [-0.39, 0.29) is 23.8 Å². The maximum Gasteiger partial charge on any atom is 0.258 e. The SMILES string of the molecule is COc1ccc(-c2nc(NC(=O)CCCc3nc4ccccc4c(=O)[nH]3)n[nH]2)c(OC)c1. The van der Waals surface area contributed by atoms with Crippen molar-refractivity contribution in [2.45, 2.75) is 19.3 Å². The summed E-state index contributed by atoms with van der Waals surface area (Å²) in [4.78, 5) is 36.0. The van der Waals surface area contributed by atoms with Crippen molar-refractivity contribution in [3.63, 3.8) is 0 Å². The van der Waals surface area contributed by atoms with Crippen molar-refractivity contribution in [3.05, 3.63) is 58.6 Å². The maximum absolute atomic E-state index is 12.3. The molecular formula is C22H22N6O4. The number of para-hydroxylation sites is 1. The molecule has 2 heterocycles. The molecule has 2 aromatic carbocycles. The third kappa shape index (κ3) is 4.59. The Morgan fingerprint density at radius 2 is 1.94 bits per heavy atom. The third-order valence-electron chi connectivity index (χ3n) is 4.88. The Bertz CT molecular complexity index is 1310. The summed E-state index contributed by atoms with van der Waals surface area (Å²) in [6.45, 7) is 0. The molecule has 0 saturated carbocycles. The number of anilines is 1. The van der Waals surface area contributed by atoms with Crippen LogP contribution in [-0.4, -0.2) is 45.3 Å². The number of rotatable bonds is 8. The summed E-state index contributed by atoms with van der Waals surface area (Å²) >= 11 is 0. The van der Waals surface area contributed by atoms with Crippen molar-refractivity contribution >= 4 is 22.8 Å². The predicted octanol–water partition coefficient (Wildman–Crippen LogP) is 2.69. The quantitative estimate of drug-likeness (QED) is 0.388. The number of benzene rings is 2. The number of nitrogens with one attached hydrogen (secondary N) is 3. The standard InChI is InChI=1S/C22H22N6O4/c1-31-13-10-11-15(17(12-13)32-2)20-26-22(28-27-20)25-19(29)9-5-8-18-23-16-7-4-3-6-14(16)21(30)24-18/h3-4,6-7,10-12H,5,8-9H2,1-2H3,(H,23,24,30)(H2,25,26,27,28,29). The Kier molecular flexibility index (Phi) is 6.11. The van der Waals surface area contributed by atoms with Gasteiger partial charge in [0.25, 0.3) is 5.56 Å². The molecule has 0 bridgehead atoms. The van der Waals surface area contributed by atoms with E-state index in [1.807, 2.05) is 6.07 Å². The van der Waals surface area contributed by atoms with Crippen molar-refractivity contribution in [1.29, 1.82) is 0 Å². The fourth-order valence-corrected chi connectivity index (χ4v) is 3.29. The molecule has 2 aromatic heterocycles. The molecule has 1 amide bonds. The molecule has 0 saturated heterocycles. The van der Waals surface area contributed by atoms with Gasteiger partial charge in [-0.3, -0.25) is 20.0 Å². The fourth-order valence-electron chi connectivity index (χ4n) is 3.29. The summed E-state index contributed by atoms with van der Waals surface area (Å²) in [5, 5.41) is 10.1. The van der Waals surface area contributed by atoms with Gasteiger partial charge in [-0.2, -0.15) is 4.98 Å². The Morgan fingerprint density at radius 1 is 1.09 bits per heavy atom. The highest BCUT2D eigenvalue weighted by molar-refractivity contribution is 5.89. The molecule has 0 radical (unpaired) electrons. The molecule has 164 valence electrons. The second-order valence-electron chi connectivity index (χ2n) is 7.01. The van der Waals surface area contributed by atoms with Crippen LogP contribution in [0.2, 0.25) is 0 Å². The largest absolute Gasteiger partial charge is 0.497 e. The molecule has 4 rings (SSSR count). The van der Waals surface area contributed by atoms with Crippen LogP contribution in [0.5, 0.6) is 11.5 Å². The number of methoxy groups -OCH3 is 2. The molecule has 3 N–H and O–H groups in total. The Hall–Kier alpha value is -4.21. The fraction of sp³-hybridized carbons (Fsp3) is 0.227. The Labute approximate surface area is 183 Å². The zero-order valence-electron chi connectivity index (χ0n) is 17.6. The Balaban J connectivity index is 1.36. The lowest BCUT2D eigenvalue weighted by Gasteiger charge is -2.07. The molecule has 0 fully saturated rings. The molecule has 10 heteroatoms. The summed E-state index contributed by atoms with van der Waals surface area (Å²) < 4.78 is 10.6. The number of amides is 1. The molecular weight excluding hydrogens is 412 g/mol. The minimum Gasteiger partial charge on any atom is -0.497 e. The summed E-state index contributed by atoms with van der Waals surface area (Å²) in [7, 11) is 3.12. The lowest BCUT2D eigenvalue weighted by molar-refractivity contribution is -0.116. The van der Waals surface area contributed by atoms with Crippen LogP contribution in [0.3, 0.4) is 0 Å². The average Bonchev–Trinajstić information content (AvgIpc) is 3.26. The molecule has 0 aliphatic heterocycles. The van der Waals surface area contributed by atoms with Crippen LogP contribution in [0.15, 0.2) is 47.3 Å². The van der Waals surface area contributed by atoms with Gasteiger partial charge in [-0.15, -0.1) is 5.10 Å². The molecule has 10 nitrogen and oxygen atoms in total. The van der Waals surface area contributed by atoms with Crippen LogP contribution in [0, 0.1) is 0 Å². The van der Waals surface area contributed by atoms with Gasteiger partial charge in [0, 0.05) is 18.9 Å². The molecule has 0 atom stereocenters. The number of hydrogen-bond donors (Lipinski definition) is 3. The summed E-state index contributed by atoms with van der Waals surface area (Å²) in [5.74, 6) is 2.16. The zero-order valence-corrected chi connectivity index (χ0v) is 17.6. The smallest absolute Gasteiger partial charge is 0.258 e.